The highest BCUT2D eigenvalue weighted by atomic mass is 19.3. The summed E-state index contributed by atoms with van der Waals surface area (Å²) in [6, 6.07) is 7.16. The van der Waals surface area contributed by atoms with E-state index in [1.807, 2.05) is 0 Å². The second-order valence-electron chi connectivity index (χ2n) is 11.5. The van der Waals surface area contributed by atoms with E-state index >= 15 is 0 Å². The number of halogens is 2. The fourth-order valence-electron chi connectivity index (χ4n) is 5.57. The number of pyridine rings is 1. The molecule has 4 aliphatic rings. The molecular weight excluding hydrogens is 550 g/mol. The normalized spacial score (nSPS) is 21.6. The number of fused-ring (bicyclic) bond motifs is 1. The van der Waals surface area contributed by atoms with Crippen LogP contribution in [-0.4, -0.2) is 70.8 Å². The van der Waals surface area contributed by atoms with Crippen molar-refractivity contribution in [3.63, 3.8) is 0 Å². The maximum absolute atomic E-state index is 13.3. The molecule has 222 valence electrons. The highest BCUT2D eigenvalue weighted by molar-refractivity contribution is 6.20. The molecule has 3 fully saturated rings. The van der Waals surface area contributed by atoms with Crippen molar-refractivity contribution in [2.75, 3.05) is 19.7 Å². The van der Waals surface area contributed by atoms with E-state index in [1.165, 1.54) is 22.8 Å². The van der Waals surface area contributed by atoms with Crippen molar-refractivity contribution in [1.29, 1.82) is 0 Å². The third-order valence-corrected chi connectivity index (χ3v) is 8.29. The van der Waals surface area contributed by atoms with E-state index in [0.717, 1.165) is 31.2 Å². The van der Waals surface area contributed by atoms with E-state index in [4.69, 9.17) is 4.74 Å². The lowest BCUT2D eigenvalue weighted by Gasteiger charge is -2.22. The van der Waals surface area contributed by atoms with Crippen LogP contribution >= 0.6 is 0 Å². The number of carbonyl (C=O) groups is 4. The molecule has 2 aromatic rings. The van der Waals surface area contributed by atoms with Crippen LogP contribution in [0.4, 0.5) is 8.78 Å². The summed E-state index contributed by atoms with van der Waals surface area (Å²) in [6.45, 7) is -0.498. The van der Waals surface area contributed by atoms with Gasteiger partial charge in [0.1, 0.15) is 11.7 Å². The van der Waals surface area contributed by atoms with E-state index in [-0.39, 0.29) is 59.5 Å². The summed E-state index contributed by atoms with van der Waals surface area (Å²) in [5, 5.41) is 2.82. The van der Waals surface area contributed by atoms with Gasteiger partial charge in [-0.05, 0) is 73.8 Å². The molecule has 10 nitrogen and oxygen atoms in total. The standard InChI is InChI=1S/C30H32F2N4O6/c1-16(37)35-14-20(19-6-9-24(42-30(31)32)25(11-19)41-15-18-4-5-18)10-23(35)27(38)33-12-21-7-8-22-26(34-21)29(40)36(28(22)39)13-17-2-3-17/h6-9,11,17-18,20,23,30H,2-5,10,12-15H2,1H3,(H,33,38)/t20?,23-/m1/s1. The van der Waals surface area contributed by atoms with Crippen LogP contribution in [0.2, 0.25) is 0 Å². The first kappa shape index (κ1) is 28.0. The van der Waals surface area contributed by atoms with Crippen molar-refractivity contribution in [2.45, 2.75) is 64.1 Å². The lowest BCUT2D eigenvalue weighted by molar-refractivity contribution is -0.136. The number of alkyl halides is 2. The molecule has 1 N–H and O–H groups in total. The molecule has 2 aliphatic heterocycles. The van der Waals surface area contributed by atoms with Gasteiger partial charge in [0.2, 0.25) is 11.8 Å². The predicted octanol–water partition coefficient (Wildman–Crippen LogP) is 3.50. The topological polar surface area (TPSA) is 118 Å². The van der Waals surface area contributed by atoms with Crippen LogP contribution in [0.15, 0.2) is 30.3 Å². The van der Waals surface area contributed by atoms with Crippen LogP contribution in [0, 0.1) is 11.8 Å². The van der Waals surface area contributed by atoms with E-state index in [1.54, 1.807) is 24.3 Å². The van der Waals surface area contributed by atoms with E-state index in [2.05, 4.69) is 15.0 Å². The Labute approximate surface area is 241 Å². The maximum Gasteiger partial charge on any atom is 0.387 e. The van der Waals surface area contributed by atoms with Crippen molar-refractivity contribution in [1.82, 2.24) is 20.1 Å². The molecule has 1 saturated heterocycles. The maximum atomic E-state index is 13.3. The number of amides is 4. The largest absolute Gasteiger partial charge is 0.489 e. The van der Waals surface area contributed by atoms with Gasteiger partial charge >= 0.3 is 6.61 Å². The number of nitrogens with one attached hydrogen (secondary N) is 1. The molecule has 6 rings (SSSR count). The molecule has 42 heavy (non-hydrogen) atoms. The molecule has 2 aliphatic carbocycles. The second kappa shape index (κ2) is 11.3. The molecule has 0 radical (unpaired) electrons. The Kier molecular flexibility index (Phi) is 7.54. The fraction of sp³-hybridized carbons (Fsp3) is 0.500. The Balaban J connectivity index is 1.12. The number of imide groups is 1. The van der Waals surface area contributed by atoms with E-state index in [0.29, 0.717) is 37.1 Å². The number of rotatable bonds is 11. The third-order valence-electron chi connectivity index (χ3n) is 8.29. The second-order valence-corrected chi connectivity index (χ2v) is 11.5. The fourth-order valence-corrected chi connectivity index (χ4v) is 5.57. The molecule has 3 heterocycles. The minimum Gasteiger partial charge on any atom is -0.489 e. The van der Waals surface area contributed by atoms with Crippen LogP contribution in [0.5, 0.6) is 11.5 Å². The average molecular weight is 583 g/mol. The van der Waals surface area contributed by atoms with E-state index < -0.39 is 18.6 Å². The Hall–Kier alpha value is -4.09. The zero-order chi connectivity index (χ0) is 29.5. The summed E-state index contributed by atoms with van der Waals surface area (Å²) >= 11 is 0. The Morgan fingerprint density at radius 3 is 2.50 bits per heavy atom. The van der Waals surface area contributed by atoms with Gasteiger partial charge in [-0.2, -0.15) is 8.78 Å². The van der Waals surface area contributed by atoms with Crippen LogP contribution in [0.1, 0.15) is 77.0 Å². The van der Waals surface area contributed by atoms with Crippen LogP contribution in [0.25, 0.3) is 0 Å². The molecule has 1 aromatic carbocycles. The third kappa shape index (κ3) is 5.93. The van der Waals surface area contributed by atoms with Crippen molar-refractivity contribution >= 4 is 23.6 Å². The van der Waals surface area contributed by atoms with Crippen molar-refractivity contribution in [3.05, 3.63) is 52.8 Å². The summed E-state index contributed by atoms with van der Waals surface area (Å²) in [5.74, 6) is -0.705. The number of aromatic nitrogens is 1. The number of nitrogens with zero attached hydrogens (tertiary/aromatic N) is 3. The van der Waals surface area contributed by atoms with Gasteiger partial charge in [-0.15, -0.1) is 0 Å². The van der Waals surface area contributed by atoms with Gasteiger partial charge in [0.25, 0.3) is 11.8 Å². The quantitative estimate of drug-likeness (QED) is 0.403. The summed E-state index contributed by atoms with van der Waals surface area (Å²) in [5.41, 5.74) is 1.54. The molecule has 0 bridgehead atoms. The minimum atomic E-state index is -2.99. The van der Waals surface area contributed by atoms with Crippen LogP contribution < -0.4 is 14.8 Å². The Morgan fingerprint density at radius 2 is 1.81 bits per heavy atom. The number of hydrogen-bond donors (Lipinski definition) is 1. The van der Waals surface area contributed by atoms with Gasteiger partial charge in [-0.3, -0.25) is 24.1 Å². The van der Waals surface area contributed by atoms with Gasteiger partial charge in [-0.25, -0.2) is 4.98 Å². The van der Waals surface area contributed by atoms with Gasteiger partial charge in [0.05, 0.1) is 24.4 Å². The summed E-state index contributed by atoms with van der Waals surface area (Å²) in [7, 11) is 0. The van der Waals surface area contributed by atoms with E-state index in [9.17, 15) is 28.0 Å². The highest BCUT2D eigenvalue weighted by Crippen LogP contribution is 2.39. The summed E-state index contributed by atoms with van der Waals surface area (Å²) in [6.07, 6.45) is 4.40. The van der Waals surface area contributed by atoms with Gasteiger partial charge in [-0.1, -0.05) is 6.07 Å². The zero-order valence-corrected chi connectivity index (χ0v) is 23.2. The van der Waals surface area contributed by atoms with Crippen molar-refractivity contribution in [3.8, 4) is 11.5 Å². The Morgan fingerprint density at radius 1 is 1.05 bits per heavy atom. The smallest absolute Gasteiger partial charge is 0.387 e. The first-order chi connectivity index (χ1) is 20.2. The first-order valence-electron chi connectivity index (χ1n) is 14.3. The van der Waals surface area contributed by atoms with Gasteiger partial charge in [0.15, 0.2) is 11.5 Å². The number of benzene rings is 1. The molecule has 2 saturated carbocycles. The SMILES string of the molecule is CC(=O)N1CC(c2ccc(OC(F)F)c(OCC3CC3)c2)C[C@@H]1C(=O)NCc1ccc2c(n1)C(=O)N(CC1CC1)C2=O. The average Bonchev–Trinajstić information content (AvgIpc) is 3.90. The lowest BCUT2D eigenvalue weighted by Crippen LogP contribution is -2.45. The van der Waals surface area contributed by atoms with Crippen LogP contribution in [0.3, 0.4) is 0 Å². The summed E-state index contributed by atoms with van der Waals surface area (Å²) in [4.78, 5) is 58.3. The highest BCUT2D eigenvalue weighted by Gasteiger charge is 2.41. The number of hydrogen-bond acceptors (Lipinski definition) is 7. The molecular formula is C30H32F2N4O6. The van der Waals surface area contributed by atoms with Gasteiger partial charge < -0.3 is 19.7 Å². The molecule has 1 aromatic heterocycles. The number of likely N-dealkylation sites (tertiary alicyclic amines) is 1. The molecule has 12 heteroatoms. The zero-order valence-electron chi connectivity index (χ0n) is 23.2. The molecule has 1 unspecified atom stereocenters. The van der Waals surface area contributed by atoms with Gasteiger partial charge in [0, 0.05) is 25.9 Å². The molecule has 2 atom stereocenters. The lowest BCUT2D eigenvalue weighted by atomic mass is 9.95. The molecule has 0 spiro atoms. The summed E-state index contributed by atoms with van der Waals surface area (Å²) < 4.78 is 36.3. The van der Waals surface area contributed by atoms with Crippen molar-refractivity contribution < 1.29 is 37.4 Å². The molecule has 4 amide bonds. The monoisotopic (exact) mass is 582 g/mol. The predicted molar refractivity (Wildman–Crippen MR) is 144 cm³/mol. The Bertz CT molecular complexity index is 1430. The number of ether oxygens (including phenoxy) is 2. The van der Waals surface area contributed by atoms with Crippen molar-refractivity contribution in [2.24, 2.45) is 11.8 Å². The first-order valence-corrected chi connectivity index (χ1v) is 14.3. The minimum absolute atomic E-state index is 0.0158. The van der Waals surface area contributed by atoms with Crippen LogP contribution in [-0.2, 0) is 16.1 Å². The number of carbonyl (C=O) groups excluding carboxylic acids is 4.